The van der Waals surface area contributed by atoms with Gasteiger partial charge in [0.2, 0.25) is 0 Å². The van der Waals surface area contributed by atoms with Crippen molar-refractivity contribution in [1.29, 1.82) is 0 Å². The molecule has 2 fully saturated rings. The summed E-state index contributed by atoms with van der Waals surface area (Å²) in [4.78, 5) is 14.2. The van der Waals surface area contributed by atoms with Gasteiger partial charge in [0.05, 0.1) is 12.5 Å². The molecule has 0 aromatic rings. The van der Waals surface area contributed by atoms with Gasteiger partial charge in [-0.05, 0) is 30.7 Å². The highest BCUT2D eigenvalue weighted by atomic mass is 16.5. The monoisotopic (exact) mass is 181 g/mol. The maximum absolute atomic E-state index is 11.4. The molecule has 0 aromatic carbocycles. The van der Waals surface area contributed by atoms with Crippen molar-refractivity contribution in [1.82, 2.24) is 0 Å². The second-order valence-electron chi connectivity index (χ2n) is 3.77. The molecule has 0 radical (unpaired) electrons. The van der Waals surface area contributed by atoms with Gasteiger partial charge in [-0.15, -0.1) is 0 Å². The van der Waals surface area contributed by atoms with E-state index >= 15 is 0 Å². The van der Waals surface area contributed by atoms with Crippen molar-refractivity contribution >= 4 is 5.97 Å². The number of hydrogen-bond donors (Lipinski definition) is 0. The first-order valence-corrected chi connectivity index (χ1v) is 4.37. The smallest absolute Gasteiger partial charge is 0.312 e. The highest BCUT2D eigenvalue weighted by molar-refractivity contribution is 5.81. The number of carbonyl (C=O) groups is 1. The predicted molar refractivity (Wildman–Crippen MR) is 44.7 cm³/mol. The van der Waals surface area contributed by atoms with Crippen LogP contribution < -0.4 is 0 Å². The minimum atomic E-state index is -0.284. The Morgan fingerprint density at radius 2 is 2.54 bits per heavy atom. The molecule has 0 amide bonds. The van der Waals surface area contributed by atoms with Crippen LogP contribution in [0.3, 0.4) is 0 Å². The summed E-state index contributed by atoms with van der Waals surface area (Å²) in [6, 6.07) is 0.0177. The number of azide groups is 1. The number of hydrogen-bond acceptors (Lipinski definition) is 3. The number of carbonyl (C=O) groups excluding carboxylic acids is 1. The van der Waals surface area contributed by atoms with E-state index in [-0.39, 0.29) is 23.3 Å². The number of rotatable bonds is 2. The minimum Gasteiger partial charge on any atom is -0.469 e. The van der Waals surface area contributed by atoms with Gasteiger partial charge in [0.15, 0.2) is 0 Å². The van der Waals surface area contributed by atoms with Gasteiger partial charge in [-0.25, -0.2) is 0 Å². The Kier molecular flexibility index (Phi) is 1.70. The molecular weight excluding hydrogens is 170 g/mol. The topological polar surface area (TPSA) is 75.1 Å². The Bertz CT molecular complexity index is 298. The Labute approximate surface area is 75.7 Å². The second kappa shape index (κ2) is 2.64. The van der Waals surface area contributed by atoms with Crippen molar-refractivity contribution in [2.75, 3.05) is 7.11 Å². The molecule has 0 bridgehead atoms. The molecule has 5 nitrogen and oxygen atoms in total. The van der Waals surface area contributed by atoms with Crippen LogP contribution in [0.4, 0.5) is 0 Å². The largest absolute Gasteiger partial charge is 0.469 e. The van der Waals surface area contributed by atoms with Crippen LogP contribution in [0.15, 0.2) is 5.11 Å². The van der Waals surface area contributed by atoms with Crippen LogP contribution in [-0.2, 0) is 9.53 Å². The lowest BCUT2D eigenvalue weighted by Gasteiger charge is -2.06. The lowest BCUT2D eigenvalue weighted by molar-refractivity contribution is -0.147. The normalized spacial score (nSPS) is 40.4. The van der Waals surface area contributed by atoms with Crippen LogP contribution in [-0.4, -0.2) is 19.1 Å². The van der Waals surface area contributed by atoms with Gasteiger partial charge in [0, 0.05) is 11.0 Å². The van der Waals surface area contributed by atoms with Gasteiger partial charge < -0.3 is 4.74 Å². The molecule has 2 rings (SSSR count). The molecule has 13 heavy (non-hydrogen) atoms. The van der Waals surface area contributed by atoms with E-state index < -0.39 is 0 Å². The van der Waals surface area contributed by atoms with Crippen LogP contribution in [0.25, 0.3) is 10.4 Å². The molecule has 3 atom stereocenters. The van der Waals surface area contributed by atoms with Crippen LogP contribution in [0.1, 0.15) is 19.3 Å². The summed E-state index contributed by atoms with van der Waals surface area (Å²) in [7, 11) is 1.41. The minimum absolute atomic E-state index is 0.0177. The highest BCUT2D eigenvalue weighted by Gasteiger charge is 2.66. The van der Waals surface area contributed by atoms with Crippen LogP contribution >= 0.6 is 0 Å². The zero-order chi connectivity index (χ0) is 9.47. The maximum atomic E-state index is 11.4. The van der Waals surface area contributed by atoms with Crippen molar-refractivity contribution in [3.8, 4) is 0 Å². The van der Waals surface area contributed by atoms with E-state index in [0.717, 1.165) is 19.3 Å². The van der Waals surface area contributed by atoms with Crippen molar-refractivity contribution in [2.24, 2.45) is 16.4 Å². The third-order valence-corrected chi connectivity index (χ3v) is 3.28. The average Bonchev–Trinajstić information content (AvgIpc) is 2.79. The molecular formula is C8H11N3O2. The van der Waals surface area contributed by atoms with Crippen molar-refractivity contribution in [3.63, 3.8) is 0 Å². The third kappa shape index (κ3) is 1.00. The standard InChI is InChI=1S/C8H11N3O2/c1-13-7(12)8-3-2-6(10-11-9)5(8)4-8/h5-6H,2-4H2,1H3/t5-,6+,8+/m0/s1. The van der Waals surface area contributed by atoms with Gasteiger partial charge in [-0.3, -0.25) is 4.79 Å². The van der Waals surface area contributed by atoms with E-state index in [0.29, 0.717) is 0 Å². The summed E-state index contributed by atoms with van der Waals surface area (Å²) in [6.07, 6.45) is 2.47. The summed E-state index contributed by atoms with van der Waals surface area (Å²) in [6.45, 7) is 0. The molecule has 70 valence electrons. The summed E-state index contributed by atoms with van der Waals surface area (Å²) in [5.74, 6) is 0.115. The Hall–Kier alpha value is -1.22. The molecule has 5 heteroatoms. The fourth-order valence-corrected chi connectivity index (χ4v) is 2.48. The van der Waals surface area contributed by atoms with Gasteiger partial charge in [0.1, 0.15) is 0 Å². The number of nitrogens with zero attached hydrogens (tertiary/aromatic N) is 3. The highest BCUT2D eigenvalue weighted by Crippen LogP contribution is 2.64. The number of esters is 1. The third-order valence-electron chi connectivity index (χ3n) is 3.28. The fourth-order valence-electron chi connectivity index (χ4n) is 2.48. The van der Waals surface area contributed by atoms with Gasteiger partial charge in [-0.2, -0.15) is 0 Å². The Balaban J connectivity index is 2.11. The first-order valence-electron chi connectivity index (χ1n) is 4.37. The van der Waals surface area contributed by atoms with Gasteiger partial charge in [0.25, 0.3) is 0 Å². The van der Waals surface area contributed by atoms with Crippen molar-refractivity contribution < 1.29 is 9.53 Å². The number of ether oxygens (including phenoxy) is 1. The molecule has 0 heterocycles. The number of methoxy groups -OCH3 is 1. The van der Waals surface area contributed by atoms with Crippen LogP contribution in [0.2, 0.25) is 0 Å². The SMILES string of the molecule is COC(=O)[C@@]12CC[C@@H](N=[N+]=[N-])[C@@H]1C2. The van der Waals surface area contributed by atoms with E-state index in [1.54, 1.807) is 0 Å². The molecule has 2 aliphatic rings. The van der Waals surface area contributed by atoms with Gasteiger partial charge in [-0.1, -0.05) is 5.11 Å². The van der Waals surface area contributed by atoms with Crippen LogP contribution in [0.5, 0.6) is 0 Å². The van der Waals surface area contributed by atoms with E-state index in [9.17, 15) is 4.79 Å². The van der Waals surface area contributed by atoms with E-state index in [1.807, 2.05) is 0 Å². The van der Waals surface area contributed by atoms with E-state index in [2.05, 4.69) is 10.0 Å². The molecule has 0 N–H and O–H groups in total. The number of fused-ring (bicyclic) bond motifs is 1. The first kappa shape index (κ1) is 8.38. The van der Waals surface area contributed by atoms with E-state index in [1.165, 1.54) is 7.11 Å². The van der Waals surface area contributed by atoms with Crippen molar-refractivity contribution in [2.45, 2.75) is 25.3 Å². The van der Waals surface area contributed by atoms with Gasteiger partial charge >= 0.3 is 5.97 Å². The lowest BCUT2D eigenvalue weighted by Crippen LogP contribution is -2.16. The molecule has 0 unspecified atom stereocenters. The summed E-state index contributed by atoms with van der Waals surface area (Å²) >= 11 is 0. The molecule has 2 saturated carbocycles. The van der Waals surface area contributed by atoms with E-state index in [4.69, 9.17) is 10.3 Å². The Morgan fingerprint density at radius 3 is 3.08 bits per heavy atom. The average molecular weight is 181 g/mol. The summed E-state index contributed by atoms with van der Waals surface area (Å²) in [5.41, 5.74) is 8.00. The lowest BCUT2D eigenvalue weighted by atomic mass is 10.1. The molecule has 2 aliphatic carbocycles. The molecule has 0 aliphatic heterocycles. The molecule has 0 saturated heterocycles. The first-order chi connectivity index (χ1) is 6.24. The fraction of sp³-hybridized carbons (Fsp3) is 0.875. The van der Waals surface area contributed by atoms with Crippen molar-refractivity contribution in [3.05, 3.63) is 10.4 Å². The molecule has 0 spiro atoms. The zero-order valence-corrected chi connectivity index (χ0v) is 7.43. The summed E-state index contributed by atoms with van der Waals surface area (Å²) in [5, 5.41) is 3.68. The maximum Gasteiger partial charge on any atom is 0.312 e. The summed E-state index contributed by atoms with van der Waals surface area (Å²) < 4.78 is 4.73. The quantitative estimate of drug-likeness (QED) is 0.281. The zero-order valence-electron chi connectivity index (χ0n) is 7.43. The molecule has 0 aromatic heterocycles. The van der Waals surface area contributed by atoms with Crippen LogP contribution in [0, 0.1) is 11.3 Å². The predicted octanol–water partition coefficient (Wildman–Crippen LogP) is 1.64. The Morgan fingerprint density at radius 1 is 1.77 bits per heavy atom. The second-order valence-corrected chi connectivity index (χ2v) is 3.77.